The molecule has 172 valence electrons. The second kappa shape index (κ2) is 8.21. The molecule has 0 saturated carbocycles. The molecule has 0 spiro atoms. The number of hydrogen-bond acceptors (Lipinski definition) is 6. The van der Waals surface area contributed by atoms with Gasteiger partial charge in [-0.25, -0.2) is 9.37 Å². The van der Waals surface area contributed by atoms with Crippen LogP contribution >= 0.6 is 0 Å². The Labute approximate surface area is 198 Å². The van der Waals surface area contributed by atoms with Gasteiger partial charge in [-0.1, -0.05) is 12.1 Å². The van der Waals surface area contributed by atoms with Crippen LogP contribution in [0.15, 0.2) is 67.1 Å². The lowest BCUT2D eigenvalue weighted by atomic mass is 10.0. The van der Waals surface area contributed by atoms with Gasteiger partial charge in [0, 0.05) is 28.8 Å². The van der Waals surface area contributed by atoms with Crippen molar-refractivity contribution in [1.82, 2.24) is 30.1 Å². The van der Waals surface area contributed by atoms with Gasteiger partial charge in [0.2, 0.25) is 0 Å². The zero-order chi connectivity index (χ0) is 23.9. The summed E-state index contributed by atoms with van der Waals surface area (Å²) in [5.74, 6) is 1.30. The van der Waals surface area contributed by atoms with E-state index in [2.05, 4.69) is 25.1 Å². The molecule has 0 saturated heterocycles. The first-order valence-electron chi connectivity index (χ1n) is 10.8. The van der Waals surface area contributed by atoms with Crippen LogP contribution in [0.4, 0.5) is 4.39 Å². The normalized spacial score (nSPS) is 11.3. The maximum absolute atomic E-state index is 14.2. The third-order valence-corrected chi connectivity index (χ3v) is 5.85. The van der Waals surface area contributed by atoms with Crippen molar-refractivity contribution in [3.05, 3.63) is 72.9 Å². The molecule has 0 fully saturated rings. The predicted octanol–water partition coefficient (Wildman–Crippen LogP) is 5.39. The molecular weight excluding hydrogens is 447 g/mol. The van der Waals surface area contributed by atoms with Crippen molar-refractivity contribution in [2.45, 2.75) is 0 Å². The number of hydrogen-bond donors (Lipinski definition) is 2. The van der Waals surface area contributed by atoms with E-state index in [1.165, 1.54) is 19.2 Å². The van der Waals surface area contributed by atoms with E-state index in [0.717, 1.165) is 33.2 Å². The van der Waals surface area contributed by atoms with Gasteiger partial charge in [-0.05, 0) is 35.9 Å². The van der Waals surface area contributed by atoms with Crippen LogP contribution in [-0.4, -0.2) is 44.4 Å². The molecule has 0 aliphatic carbocycles. The second-order valence-corrected chi connectivity index (χ2v) is 7.97. The molecule has 0 amide bonds. The maximum Gasteiger partial charge on any atom is 0.159 e. The fourth-order valence-corrected chi connectivity index (χ4v) is 4.14. The first-order chi connectivity index (χ1) is 17.1. The number of benzene rings is 2. The molecule has 0 atom stereocenters. The summed E-state index contributed by atoms with van der Waals surface area (Å²) in [6.07, 6.45) is 5.11. The van der Waals surface area contributed by atoms with Crippen molar-refractivity contribution in [3.63, 3.8) is 0 Å². The van der Waals surface area contributed by atoms with Gasteiger partial charge >= 0.3 is 0 Å². The number of halogens is 1. The molecule has 6 rings (SSSR count). The number of nitrogens with zero attached hydrogens (tertiary/aromatic N) is 4. The fourth-order valence-electron chi connectivity index (χ4n) is 4.14. The number of fused-ring (bicyclic) bond motifs is 2. The van der Waals surface area contributed by atoms with Crippen LogP contribution in [0.2, 0.25) is 0 Å². The Bertz CT molecular complexity index is 1710. The van der Waals surface area contributed by atoms with Crippen LogP contribution in [0.1, 0.15) is 0 Å². The maximum atomic E-state index is 14.2. The lowest BCUT2D eigenvalue weighted by Gasteiger charge is -2.06. The molecule has 0 aliphatic rings. The van der Waals surface area contributed by atoms with Gasteiger partial charge in [0.25, 0.3) is 0 Å². The summed E-state index contributed by atoms with van der Waals surface area (Å²) in [6, 6.07) is 14.2. The van der Waals surface area contributed by atoms with Crippen molar-refractivity contribution in [2.75, 3.05) is 14.2 Å². The Hall–Kier alpha value is -4.79. The molecule has 35 heavy (non-hydrogen) atoms. The number of H-pyrrole nitrogens is 2. The highest BCUT2D eigenvalue weighted by molar-refractivity contribution is 5.97. The van der Waals surface area contributed by atoms with Crippen molar-refractivity contribution in [2.24, 2.45) is 0 Å². The van der Waals surface area contributed by atoms with E-state index in [0.29, 0.717) is 34.1 Å². The Morgan fingerprint density at radius 2 is 1.71 bits per heavy atom. The van der Waals surface area contributed by atoms with Crippen LogP contribution in [0, 0.1) is 5.82 Å². The number of nitrogens with one attached hydrogen (secondary N) is 2. The van der Waals surface area contributed by atoms with Gasteiger partial charge in [0.15, 0.2) is 5.82 Å². The van der Waals surface area contributed by atoms with E-state index in [-0.39, 0.29) is 5.82 Å². The Balaban J connectivity index is 1.48. The molecule has 9 heteroatoms. The first-order valence-corrected chi connectivity index (χ1v) is 10.8. The number of aromatic nitrogens is 6. The third kappa shape index (κ3) is 3.63. The highest BCUT2D eigenvalue weighted by Crippen LogP contribution is 2.34. The average molecular weight is 466 g/mol. The molecule has 0 unspecified atom stereocenters. The van der Waals surface area contributed by atoms with E-state index in [4.69, 9.17) is 14.5 Å². The minimum absolute atomic E-state index is 0.377. The average Bonchev–Trinajstić information content (AvgIpc) is 3.51. The number of rotatable bonds is 5. The molecule has 2 aromatic carbocycles. The number of para-hydroxylation sites is 1. The molecule has 8 nitrogen and oxygen atoms in total. The van der Waals surface area contributed by atoms with Crippen LogP contribution in [0.5, 0.6) is 11.5 Å². The zero-order valence-electron chi connectivity index (χ0n) is 18.8. The third-order valence-electron chi connectivity index (χ3n) is 5.85. The summed E-state index contributed by atoms with van der Waals surface area (Å²) in [5, 5.41) is 8.37. The zero-order valence-corrected chi connectivity index (χ0v) is 18.8. The summed E-state index contributed by atoms with van der Waals surface area (Å²) < 4.78 is 24.7. The molecule has 0 radical (unpaired) electrons. The lowest BCUT2D eigenvalue weighted by molar-refractivity contribution is 0.411. The van der Waals surface area contributed by atoms with Gasteiger partial charge in [0.1, 0.15) is 23.0 Å². The Kier molecular flexibility index (Phi) is 4.88. The predicted molar refractivity (Wildman–Crippen MR) is 131 cm³/mol. The summed E-state index contributed by atoms with van der Waals surface area (Å²) in [7, 11) is 3.11. The van der Waals surface area contributed by atoms with Crippen LogP contribution in [0.25, 0.3) is 55.8 Å². The molecule has 4 heterocycles. The largest absolute Gasteiger partial charge is 0.497 e. The van der Waals surface area contributed by atoms with Crippen molar-refractivity contribution < 1.29 is 13.9 Å². The quantitative estimate of drug-likeness (QED) is 0.353. The molecule has 2 N–H and O–H groups in total. The van der Waals surface area contributed by atoms with E-state index < -0.39 is 0 Å². The number of imidazole rings is 1. The molecular formula is C26H19FN6O2. The number of ether oxygens (including phenoxy) is 2. The smallest absolute Gasteiger partial charge is 0.159 e. The number of methoxy groups -OCH3 is 2. The van der Waals surface area contributed by atoms with Gasteiger partial charge in [-0.15, -0.1) is 0 Å². The SMILES string of the molecule is COc1cncc(-c2cc3c(-c4nc5c(-c6cc(F)cc(OC)c6)cccc5[nH]4)n[nH]c3cn2)c1. The Morgan fingerprint density at radius 1 is 0.857 bits per heavy atom. The van der Waals surface area contributed by atoms with Crippen molar-refractivity contribution in [3.8, 4) is 45.4 Å². The first kappa shape index (κ1) is 20.8. The highest BCUT2D eigenvalue weighted by atomic mass is 19.1. The van der Waals surface area contributed by atoms with Crippen molar-refractivity contribution in [1.29, 1.82) is 0 Å². The summed E-state index contributed by atoms with van der Waals surface area (Å²) >= 11 is 0. The van der Waals surface area contributed by atoms with Crippen LogP contribution in [-0.2, 0) is 0 Å². The minimum Gasteiger partial charge on any atom is -0.497 e. The monoisotopic (exact) mass is 466 g/mol. The number of aromatic amines is 2. The van der Waals surface area contributed by atoms with E-state index in [1.54, 1.807) is 31.8 Å². The Morgan fingerprint density at radius 3 is 2.57 bits per heavy atom. The van der Waals surface area contributed by atoms with Gasteiger partial charge < -0.3 is 14.5 Å². The van der Waals surface area contributed by atoms with E-state index in [9.17, 15) is 4.39 Å². The molecule has 0 aliphatic heterocycles. The van der Waals surface area contributed by atoms with Gasteiger partial charge in [-0.3, -0.25) is 15.1 Å². The van der Waals surface area contributed by atoms with Gasteiger partial charge in [0.05, 0.1) is 48.9 Å². The summed E-state index contributed by atoms with van der Waals surface area (Å²) in [4.78, 5) is 17.0. The second-order valence-electron chi connectivity index (χ2n) is 7.97. The highest BCUT2D eigenvalue weighted by Gasteiger charge is 2.17. The minimum atomic E-state index is -0.377. The fraction of sp³-hybridized carbons (Fsp3) is 0.0769. The van der Waals surface area contributed by atoms with Crippen molar-refractivity contribution >= 4 is 21.9 Å². The topological polar surface area (TPSA) is 102 Å². The van der Waals surface area contributed by atoms with E-state index >= 15 is 0 Å². The molecule has 0 bridgehead atoms. The molecule has 6 aromatic rings. The number of pyridine rings is 2. The lowest BCUT2D eigenvalue weighted by Crippen LogP contribution is -1.89. The van der Waals surface area contributed by atoms with E-state index in [1.807, 2.05) is 30.3 Å². The summed E-state index contributed by atoms with van der Waals surface area (Å²) in [6.45, 7) is 0. The standard InChI is InChI=1S/C26H19FN6O2/c1-34-17-7-14(6-16(27)9-17)19-4-3-5-21-24(19)31-26(30-21)25-20-10-22(29-13-23(20)32-33-25)15-8-18(35-2)12-28-11-15/h3-13H,1-2H3,(H,30,31)(H,32,33). The van der Waals surface area contributed by atoms with Crippen LogP contribution < -0.4 is 9.47 Å². The molecule has 4 aromatic heterocycles. The van der Waals surface area contributed by atoms with Gasteiger partial charge in [-0.2, -0.15) is 5.10 Å². The summed E-state index contributed by atoms with van der Waals surface area (Å²) in [5.41, 5.74) is 5.96. The van der Waals surface area contributed by atoms with Crippen LogP contribution in [0.3, 0.4) is 0 Å².